The Hall–Kier alpha value is -1.71. The zero-order valence-electron chi connectivity index (χ0n) is 8.48. The Morgan fingerprint density at radius 2 is 2.00 bits per heavy atom. The fourth-order valence-corrected chi connectivity index (χ4v) is 1.37. The molecular weight excluding hydrogens is 192 g/mol. The molecule has 1 fully saturated rings. The van der Waals surface area contributed by atoms with Crippen LogP contribution < -0.4 is 10.5 Å². The van der Waals surface area contributed by atoms with Crippen LogP contribution in [-0.4, -0.2) is 30.5 Å². The number of anilines is 1. The molecule has 4 nitrogen and oxygen atoms in total. The van der Waals surface area contributed by atoms with Gasteiger partial charge in [0.15, 0.2) is 6.61 Å². The van der Waals surface area contributed by atoms with Gasteiger partial charge >= 0.3 is 0 Å². The van der Waals surface area contributed by atoms with E-state index in [9.17, 15) is 4.79 Å². The minimum absolute atomic E-state index is 0.0538. The third-order valence-corrected chi connectivity index (χ3v) is 2.45. The summed E-state index contributed by atoms with van der Waals surface area (Å²) >= 11 is 0. The summed E-state index contributed by atoms with van der Waals surface area (Å²) in [7, 11) is 0. The standard InChI is InChI=1S/C11H14N2O2/c12-9-2-4-10(5-3-9)15-8-11(14)13-6-1-7-13/h2-5H,1,6-8,12H2. The first-order chi connectivity index (χ1) is 7.25. The molecular formula is C11H14N2O2. The summed E-state index contributed by atoms with van der Waals surface area (Å²) in [6.45, 7) is 1.85. The quantitative estimate of drug-likeness (QED) is 0.747. The van der Waals surface area contributed by atoms with E-state index in [1.807, 2.05) is 0 Å². The highest BCUT2D eigenvalue weighted by atomic mass is 16.5. The maximum atomic E-state index is 11.4. The van der Waals surface area contributed by atoms with Crippen LogP contribution >= 0.6 is 0 Å². The second-order valence-corrected chi connectivity index (χ2v) is 3.59. The second kappa shape index (κ2) is 4.21. The van der Waals surface area contributed by atoms with Crippen molar-refractivity contribution in [1.82, 2.24) is 4.90 Å². The Morgan fingerprint density at radius 3 is 2.53 bits per heavy atom. The predicted molar refractivity (Wildman–Crippen MR) is 57.5 cm³/mol. The number of nitrogens with two attached hydrogens (primary N) is 1. The fraction of sp³-hybridized carbons (Fsp3) is 0.364. The maximum absolute atomic E-state index is 11.4. The van der Waals surface area contributed by atoms with Gasteiger partial charge in [0.05, 0.1) is 0 Å². The molecule has 1 aromatic rings. The first-order valence-electron chi connectivity index (χ1n) is 5.02. The van der Waals surface area contributed by atoms with Gasteiger partial charge in [0.25, 0.3) is 5.91 Å². The van der Waals surface area contributed by atoms with Crippen LogP contribution in [0, 0.1) is 0 Å². The number of amides is 1. The van der Waals surface area contributed by atoms with Gasteiger partial charge < -0.3 is 15.4 Å². The number of nitrogen functional groups attached to an aromatic ring is 1. The molecule has 0 saturated carbocycles. The lowest BCUT2D eigenvalue weighted by molar-refractivity contribution is -0.136. The van der Waals surface area contributed by atoms with E-state index in [0.29, 0.717) is 11.4 Å². The van der Waals surface area contributed by atoms with Gasteiger partial charge in [-0.25, -0.2) is 0 Å². The van der Waals surface area contributed by atoms with E-state index in [4.69, 9.17) is 10.5 Å². The molecule has 0 radical (unpaired) electrons. The molecule has 4 heteroatoms. The topological polar surface area (TPSA) is 55.6 Å². The van der Waals surface area contributed by atoms with Gasteiger partial charge in [-0.1, -0.05) is 0 Å². The van der Waals surface area contributed by atoms with Crippen LogP contribution in [0.1, 0.15) is 6.42 Å². The third kappa shape index (κ3) is 2.40. The molecule has 1 heterocycles. The average molecular weight is 206 g/mol. The van der Waals surface area contributed by atoms with E-state index in [1.54, 1.807) is 29.2 Å². The molecule has 2 rings (SSSR count). The number of nitrogens with zero attached hydrogens (tertiary/aromatic N) is 1. The van der Waals surface area contributed by atoms with Gasteiger partial charge in [-0.2, -0.15) is 0 Å². The highest BCUT2D eigenvalue weighted by Gasteiger charge is 2.20. The molecule has 0 bridgehead atoms. The molecule has 1 aliphatic rings. The largest absolute Gasteiger partial charge is 0.484 e. The molecule has 0 unspecified atom stereocenters. The molecule has 0 aromatic heterocycles. The number of ether oxygens (including phenoxy) is 1. The van der Waals surface area contributed by atoms with E-state index >= 15 is 0 Å². The van der Waals surface area contributed by atoms with Gasteiger partial charge in [0.1, 0.15) is 5.75 Å². The Morgan fingerprint density at radius 1 is 1.33 bits per heavy atom. The lowest BCUT2D eigenvalue weighted by Crippen LogP contribution is -2.44. The molecule has 0 spiro atoms. The Kier molecular flexibility index (Phi) is 2.76. The van der Waals surface area contributed by atoms with Crippen LogP contribution in [0.25, 0.3) is 0 Å². The highest BCUT2D eigenvalue weighted by molar-refractivity contribution is 5.78. The van der Waals surface area contributed by atoms with Crippen molar-refractivity contribution in [2.75, 3.05) is 25.4 Å². The molecule has 1 aromatic carbocycles. The van der Waals surface area contributed by atoms with Crippen LogP contribution in [-0.2, 0) is 4.79 Å². The fourth-order valence-electron chi connectivity index (χ4n) is 1.37. The Labute approximate surface area is 88.6 Å². The lowest BCUT2D eigenvalue weighted by Gasteiger charge is -2.30. The van der Waals surface area contributed by atoms with Crippen LogP contribution in [0.5, 0.6) is 5.75 Å². The summed E-state index contributed by atoms with van der Waals surface area (Å²) < 4.78 is 5.33. The lowest BCUT2D eigenvalue weighted by atomic mass is 10.2. The number of likely N-dealkylation sites (tertiary alicyclic amines) is 1. The number of benzene rings is 1. The van der Waals surface area contributed by atoms with Gasteiger partial charge in [-0.05, 0) is 30.7 Å². The predicted octanol–water partition coefficient (Wildman–Crippen LogP) is 0.880. The van der Waals surface area contributed by atoms with Crippen LogP contribution in [0.2, 0.25) is 0 Å². The van der Waals surface area contributed by atoms with Gasteiger partial charge in [-0.15, -0.1) is 0 Å². The zero-order chi connectivity index (χ0) is 10.7. The van der Waals surface area contributed by atoms with E-state index in [2.05, 4.69) is 0 Å². The summed E-state index contributed by atoms with van der Waals surface area (Å²) in [5, 5.41) is 0. The van der Waals surface area contributed by atoms with Crippen molar-refractivity contribution in [2.45, 2.75) is 6.42 Å². The van der Waals surface area contributed by atoms with E-state index in [-0.39, 0.29) is 12.5 Å². The monoisotopic (exact) mass is 206 g/mol. The van der Waals surface area contributed by atoms with Crippen LogP contribution in [0.4, 0.5) is 5.69 Å². The van der Waals surface area contributed by atoms with Crippen molar-refractivity contribution in [3.8, 4) is 5.75 Å². The summed E-state index contributed by atoms with van der Waals surface area (Å²) in [5.74, 6) is 0.733. The zero-order valence-corrected chi connectivity index (χ0v) is 8.48. The van der Waals surface area contributed by atoms with Gasteiger partial charge in [0, 0.05) is 18.8 Å². The minimum atomic E-state index is 0.0538. The van der Waals surface area contributed by atoms with Crippen molar-refractivity contribution in [3.63, 3.8) is 0 Å². The van der Waals surface area contributed by atoms with E-state index < -0.39 is 0 Å². The van der Waals surface area contributed by atoms with Crippen molar-refractivity contribution in [3.05, 3.63) is 24.3 Å². The smallest absolute Gasteiger partial charge is 0.260 e. The number of carbonyl (C=O) groups is 1. The number of hydrogen-bond acceptors (Lipinski definition) is 3. The van der Waals surface area contributed by atoms with Crippen molar-refractivity contribution in [2.24, 2.45) is 0 Å². The van der Waals surface area contributed by atoms with Crippen LogP contribution in [0.15, 0.2) is 24.3 Å². The first kappa shape index (κ1) is 9.83. The Bertz CT molecular complexity index is 344. The van der Waals surface area contributed by atoms with Crippen molar-refractivity contribution >= 4 is 11.6 Å². The highest BCUT2D eigenvalue weighted by Crippen LogP contribution is 2.13. The van der Waals surface area contributed by atoms with Gasteiger partial charge in [0.2, 0.25) is 0 Å². The summed E-state index contributed by atoms with van der Waals surface area (Å²) in [5.41, 5.74) is 6.22. The van der Waals surface area contributed by atoms with E-state index in [1.165, 1.54) is 0 Å². The summed E-state index contributed by atoms with van der Waals surface area (Å²) in [4.78, 5) is 13.2. The number of carbonyl (C=O) groups excluding carboxylic acids is 1. The molecule has 1 aliphatic heterocycles. The molecule has 15 heavy (non-hydrogen) atoms. The minimum Gasteiger partial charge on any atom is -0.484 e. The molecule has 80 valence electrons. The Balaban J connectivity index is 1.82. The van der Waals surface area contributed by atoms with Crippen molar-refractivity contribution in [1.29, 1.82) is 0 Å². The van der Waals surface area contributed by atoms with Crippen molar-refractivity contribution < 1.29 is 9.53 Å². The number of rotatable bonds is 3. The molecule has 1 amide bonds. The third-order valence-electron chi connectivity index (χ3n) is 2.45. The van der Waals surface area contributed by atoms with Gasteiger partial charge in [-0.3, -0.25) is 4.79 Å². The second-order valence-electron chi connectivity index (χ2n) is 3.59. The molecule has 1 saturated heterocycles. The summed E-state index contributed by atoms with van der Waals surface area (Å²) in [6.07, 6.45) is 1.10. The normalized spacial score (nSPS) is 14.5. The average Bonchev–Trinajstić information content (AvgIpc) is 2.14. The molecule has 0 atom stereocenters. The van der Waals surface area contributed by atoms with Crippen LogP contribution in [0.3, 0.4) is 0 Å². The summed E-state index contributed by atoms with van der Waals surface area (Å²) in [6, 6.07) is 7.03. The maximum Gasteiger partial charge on any atom is 0.260 e. The molecule has 0 aliphatic carbocycles. The number of hydrogen-bond donors (Lipinski definition) is 1. The molecule has 2 N–H and O–H groups in total. The first-order valence-corrected chi connectivity index (χ1v) is 5.02. The van der Waals surface area contributed by atoms with E-state index in [0.717, 1.165) is 19.5 Å². The SMILES string of the molecule is Nc1ccc(OCC(=O)N2CCC2)cc1.